The number of hydroxylamine groups is 1. The lowest BCUT2D eigenvalue weighted by molar-refractivity contribution is -0.529. The number of rotatable bonds is 5. The Hall–Kier alpha value is -2.69. The Kier molecular flexibility index (Phi) is 5.12. The highest BCUT2D eigenvalue weighted by molar-refractivity contribution is 7.84. The maximum atomic E-state index is 12.6. The molecule has 176 valence electrons. The third-order valence-corrected chi connectivity index (χ3v) is 5.71. The van der Waals surface area contributed by atoms with E-state index in [0.29, 0.717) is 0 Å². The molecule has 21 heteroatoms. The number of hydrogen-bond donors (Lipinski definition) is 8. The zero-order valence-corrected chi connectivity index (χ0v) is 16.6. The fourth-order valence-electron chi connectivity index (χ4n) is 3.72. The summed E-state index contributed by atoms with van der Waals surface area (Å²) in [6.45, 7) is -1.70. The first-order valence-corrected chi connectivity index (χ1v) is 10.8. The number of amides is 1. The van der Waals surface area contributed by atoms with Crippen LogP contribution in [0.4, 0.5) is 4.79 Å². The van der Waals surface area contributed by atoms with Gasteiger partial charge in [0.15, 0.2) is 18.1 Å². The predicted octanol–water partition coefficient (Wildman–Crippen LogP) is -6.11. The van der Waals surface area contributed by atoms with Crippen LogP contribution in [0, 0.1) is 5.21 Å². The Bertz CT molecular complexity index is 1070. The number of guanidine groups is 2. The Labute approximate surface area is 173 Å². The Morgan fingerprint density at radius 2 is 1.97 bits per heavy atom. The molecule has 3 rings (SSSR count). The Balaban J connectivity index is 1.99. The lowest BCUT2D eigenvalue weighted by atomic mass is 9.86. The van der Waals surface area contributed by atoms with Crippen molar-refractivity contribution in [2.24, 2.45) is 16.5 Å². The minimum absolute atomic E-state index is 0.0271. The van der Waals surface area contributed by atoms with Crippen LogP contribution in [0.2, 0.25) is 0 Å². The molecule has 3 heterocycles. The van der Waals surface area contributed by atoms with E-state index >= 15 is 0 Å². The molecule has 4 atom stereocenters. The van der Waals surface area contributed by atoms with Crippen molar-refractivity contribution in [2.45, 2.75) is 29.6 Å². The molecule has 3 aliphatic heterocycles. The van der Waals surface area contributed by atoms with Gasteiger partial charge in [-0.2, -0.15) is 21.6 Å². The highest BCUT2D eigenvalue weighted by atomic mass is 32.3. The Morgan fingerprint density at radius 3 is 2.52 bits per heavy atom. The van der Waals surface area contributed by atoms with Crippen LogP contribution < -0.4 is 21.5 Å². The van der Waals surface area contributed by atoms with Crippen LogP contribution in [0.15, 0.2) is 4.99 Å². The largest absolute Gasteiger partial charge is 0.744 e. The second-order valence-corrected chi connectivity index (χ2v) is 8.83. The lowest BCUT2D eigenvalue weighted by Crippen LogP contribution is -2.79. The molecule has 0 unspecified atom stereocenters. The molecule has 1 amide bonds. The average Bonchev–Trinajstić information content (AvgIpc) is 3.02. The van der Waals surface area contributed by atoms with Crippen molar-refractivity contribution >= 4 is 38.7 Å². The van der Waals surface area contributed by atoms with Crippen molar-refractivity contribution in [1.82, 2.24) is 14.9 Å². The second kappa shape index (κ2) is 6.91. The molecule has 0 aliphatic carbocycles. The molecule has 0 radical (unpaired) electrons. The fraction of sp³-hybridized carbons (Fsp3) is 0.700. The average molecular weight is 491 g/mol. The van der Waals surface area contributed by atoms with E-state index < -0.39 is 81.5 Å². The number of aliphatic imine (C=N–C) groups is 1. The van der Waals surface area contributed by atoms with E-state index in [4.69, 9.17) is 20.6 Å². The van der Waals surface area contributed by atoms with Gasteiger partial charge in [0.2, 0.25) is 5.66 Å². The molecule has 19 nitrogen and oxygen atoms in total. The number of nitrogens with one attached hydrogen (secondary N) is 2. The summed E-state index contributed by atoms with van der Waals surface area (Å²) in [6.07, 6.45) is -3.78. The second-order valence-electron chi connectivity index (χ2n) is 6.63. The lowest BCUT2D eigenvalue weighted by Gasteiger charge is -2.47. The van der Waals surface area contributed by atoms with Gasteiger partial charge in [-0.05, 0) is 0 Å². The number of hydrogen-bond acceptors (Lipinski definition) is 15. The number of nitrogens with zero attached hydrogens (tertiary/aromatic N) is 3. The van der Waals surface area contributed by atoms with Crippen LogP contribution in [-0.2, 0) is 29.6 Å². The van der Waals surface area contributed by atoms with Gasteiger partial charge < -0.3 is 31.2 Å². The number of carbonyl (C=O) groups is 1. The summed E-state index contributed by atoms with van der Waals surface area (Å²) in [5.41, 5.74) is 9.04. The van der Waals surface area contributed by atoms with E-state index in [1.165, 1.54) is 0 Å². The van der Waals surface area contributed by atoms with Gasteiger partial charge in [0.1, 0.15) is 19.2 Å². The molecule has 0 aromatic heterocycles. The molecule has 1 saturated heterocycles. The molecule has 0 saturated carbocycles. The number of carbonyl (C=O) groups excluding carboxylic acids is 1. The topological polar surface area (TPSA) is 302 Å². The third kappa shape index (κ3) is 3.75. The normalized spacial score (nSPS) is 32.1. The first kappa shape index (κ1) is 23.0. The van der Waals surface area contributed by atoms with Crippen LogP contribution in [0.25, 0.3) is 0 Å². The number of aliphatic hydroxyl groups is 2. The molecular weight excluding hydrogens is 474 g/mol. The summed E-state index contributed by atoms with van der Waals surface area (Å²) < 4.78 is 71.0. The molecule has 0 aromatic carbocycles. The molecule has 1 spiro atoms. The molecule has 0 aromatic rings. The van der Waals surface area contributed by atoms with Crippen molar-refractivity contribution in [3.05, 3.63) is 5.21 Å². The van der Waals surface area contributed by atoms with Gasteiger partial charge in [-0.1, -0.05) is 0 Å². The summed E-state index contributed by atoms with van der Waals surface area (Å²) in [5.74, 6) is -4.41. The number of ether oxygens (including phenoxy) is 1. The van der Waals surface area contributed by atoms with Gasteiger partial charge in [-0.15, -0.1) is 0 Å². The molecule has 1 fully saturated rings. The molecule has 3 aliphatic rings. The minimum atomic E-state index is -5.19. The molecule has 31 heavy (non-hydrogen) atoms. The van der Waals surface area contributed by atoms with Crippen molar-refractivity contribution in [2.75, 3.05) is 13.2 Å². The fourth-order valence-corrected chi connectivity index (χ4v) is 4.48. The van der Waals surface area contributed by atoms with Gasteiger partial charge in [-0.3, -0.25) is 19.6 Å². The first-order valence-electron chi connectivity index (χ1n) is 8.00. The standard InChI is InChI=1S/C10H17N7O12S2/c11-6-13-5-3(2-28-8(18)15-30(22,23)24)17(21)7(12)16-1-4(29-31(25,26)27)10(19,20)9(5,16)14-6/h3-5,19-20H,1-2,12H2,(H,15,18)(H3,11,13,14)(H,22,23,24)(H,25,26,27)/t3-,4+,5-,9-/m0/s1. The van der Waals surface area contributed by atoms with Crippen molar-refractivity contribution in [3.63, 3.8) is 0 Å². The van der Waals surface area contributed by atoms with E-state index in [0.717, 1.165) is 9.62 Å². The van der Waals surface area contributed by atoms with Crippen molar-refractivity contribution in [3.8, 4) is 0 Å². The predicted molar refractivity (Wildman–Crippen MR) is 94.2 cm³/mol. The van der Waals surface area contributed by atoms with E-state index in [2.05, 4.69) is 19.2 Å². The smallest absolute Gasteiger partial charge is 0.422 e. The quantitative estimate of drug-likeness (QED) is 0.0767. The maximum Gasteiger partial charge on any atom is 0.422 e. The maximum absolute atomic E-state index is 12.6. The highest BCUT2D eigenvalue weighted by Gasteiger charge is 2.78. The first-order chi connectivity index (χ1) is 14.0. The summed E-state index contributed by atoms with van der Waals surface area (Å²) in [4.78, 5) is 16.1. The van der Waals surface area contributed by atoms with E-state index in [-0.39, 0.29) is 4.74 Å². The van der Waals surface area contributed by atoms with Crippen molar-refractivity contribution < 1.29 is 54.6 Å². The highest BCUT2D eigenvalue weighted by Crippen LogP contribution is 2.45. The van der Waals surface area contributed by atoms with Crippen LogP contribution in [0.5, 0.6) is 0 Å². The van der Waals surface area contributed by atoms with Crippen molar-refractivity contribution in [1.29, 1.82) is 0 Å². The zero-order valence-electron chi connectivity index (χ0n) is 15.0. The van der Waals surface area contributed by atoms with Crippen LogP contribution >= 0.6 is 0 Å². The zero-order chi connectivity index (χ0) is 23.6. The molecule has 0 bridgehead atoms. The summed E-state index contributed by atoms with van der Waals surface area (Å²) in [7, 11) is -10.2. The SMILES string of the molecule is NC1=N[C@H]2[C@H](COC(=O)NS(=O)(=O)O)[N+]([O-])=C(N)N3C[C@@H](OS(=O)(=O)O)C(O)(O)[C@]23N1. The van der Waals surface area contributed by atoms with Crippen LogP contribution in [0.1, 0.15) is 0 Å². The summed E-state index contributed by atoms with van der Waals surface area (Å²) in [5, 5.41) is 36.5. The minimum Gasteiger partial charge on any atom is -0.744 e. The Morgan fingerprint density at radius 1 is 1.35 bits per heavy atom. The van der Waals surface area contributed by atoms with Gasteiger partial charge in [0.05, 0.1) is 0 Å². The summed E-state index contributed by atoms with van der Waals surface area (Å²) in [6, 6.07) is -3.26. The van der Waals surface area contributed by atoms with E-state index in [9.17, 15) is 37.1 Å². The third-order valence-electron chi connectivity index (χ3n) is 4.81. The summed E-state index contributed by atoms with van der Waals surface area (Å²) >= 11 is 0. The molecular formula is C10H17N7O12S2. The van der Waals surface area contributed by atoms with Gasteiger partial charge in [0.25, 0.3) is 5.79 Å². The van der Waals surface area contributed by atoms with E-state index in [1.54, 1.807) is 0 Å². The van der Waals surface area contributed by atoms with Gasteiger partial charge in [-0.25, -0.2) is 18.9 Å². The van der Waals surface area contributed by atoms with E-state index in [1.807, 2.05) is 0 Å². The monoisotopic (exact) mass is 491 g/mol. The van der Waals surface area contributed by atoms with Gasteiger partial charge in [0, 0.05) is 0 Å². The van der Waals surface area contributed by atoms with Crippen LogP contribution in [-0.4, -0.2) is 107 Å². The van der Waals surface area contributed by atoms with Crippen LogP contribution in [0.3, 0.4) is 0 Å². The number of nitrogens with two attached hydrogens (primary N) is 2. The van der Waals surface area contributed by atoms with Gasteiger partial charge >= 0.3 is 32.8 Å². The molecule has 10 N–H and O–H groups in total.